The molecule has 0 saturated carbocycles. The Hall–Kier alpha value is -2.09. The second kappa shape index (κ2) is 5.49. The van der Waals surface area contributed by atoms with Crippen LogP contribution in [0.3, 0.4) is 0 Å². The molecule has 0 saturated heterocycles. The molecule has 0 bridgehead atoms. The maximum atomic E-state index is 6.42. The van der Waals surface area contributed by atoms with E-state index in [4.69, 9.17) is 10.7 Å². The molecule has 3 aromatic rings. The van der Waals surface area contributed by atoms with E-state index in [1.54, 1.807) is 0 Å². The number of fused-ring (bicyclic) bond motifs is 2. The zero-order valence-corrected chi connectivity index (χ0v) is 11.9. The summed E-state index contributed by atoms with van der Waals surface area (Å²) in [5.41, 5.74) is 10.6. The van der Waals surface area contributed by atoms with E-state index in [-0.39, 0.29) is 0 Å². The molecule has 0 unspecified atom stereocenters. The van der Waals surface area contributed by atoms with Gasteiger partial charge < -0.3 is 5.73 Å². The van der Waals surface area contributed by atoms with Crippen molar-refractivity contribution >= 4 is 27.5 Å². The molecule has 0 aliphatic heterocycles. The highest BCUT2D eigenvalue weighted by Gasteiger charge is 2.09. The highest BCUT2D eigenvalue weighted by molar-refractivity contribution is 6.07. The molecule has 2 nitrogen and oxygen atoms in total. The Morgan fingerprint density at radius 3 is 2.60 bits per heavy atom. The molecule has 0 radical (unpaired) electrons. The Morgan fingerprint density at radius 2 is 1.75 bits per heavy atom. The predicted molar refractivity (Wildman–Crippen MR) is 86.9 cm³/mol. The van der Waals surface area contributed by atoms with Gasteiger partial charge in [-0.25, -0.2) is 4.98 Å². The largest absolute Gasteiger partial charge is 0.398 e. The first kappa shape index (κ1) is 12.9. The number of nitrogens with two attached hydrogens (primary N) is 1. The van der Waals surface area contributed by atoms with Crippen LogP contribution >= 0.6 is 0 Å². The molecule has 0 aliphatic carbocycles. The smallest absolute Gasteiger partial charge is 0.0733 e. The monoisotopic (exact) mass is 264 g/mol. The molecular weight excluding hydrogens is 244 g/mol. The molecule has 0 aliphatic rings. The fourth-order valence-electron chi connectivity index (χ4n) is 2.83. The van der Waals surface area contributed by atoms with Crippen molar-refractivity contribution in [2.75, 3.05) is 5.73 Å². The SMILES string of the molecule is CCCCCc1cccc2nc3ccccc3c(N)c12. The average Bonchev–Trinajstić information content (AvgIpc) is 2.48. The number of anilines is 1. The van der Waals surface area contributed by atoms with Gasteiger partial charge in [-0.3, -0.25) is 0 Å². The molecule has 20 heavy (non-hydrogen) atoms. The number of aromatic nitrogens is 1. The van der Waals surface area contributed by atoms with Crippen molar-refractivity contribution in [3.8, 4) is 0 Å². The highest BCUT2D eigenvalue weighted by Crippen LogP contribution is 2.31. The Kier molecular flexibility index (Phi) is 3.55. The topological polar surface area (TPSA) is 38.9 Å². The zero-order valence-electron chi connectivity index (χ0n) is 11.9. The van der Waals surface area contributed by atoms with Gasteiger partial charge in [0.1, 0.15) is 0 Å². The third-order valence-electron chi connectivity index (χ3n) is 3.88. The summed E-state index contributed by atoms with van der Waals surface area (Å²) in [7, 11) is 0. The minimum atomic E-state index is 0.873. The fraction of sp³-hybridized carbons (Fsp3) is 0.278. The van der Waals surface area contributed by atoms with Crippen LogP contribution in [0.15, 0.2) is 42.5 Å². The van der Waals surface area contributed by atoms with E-state index in [1.807, 2.05) is 18.2 Å². The van der Waals surface area contributed by atoms with E-state index < -0.39 is 0 Å². The van der Waals surface area contributed by atoms with Crippen LogP contribution in [0.5, 0.6) is 0 Å². The molecule has 2 heteroatoms. The molecule has 0 atom stereocenters. The van der Waals surface area contributed by atoms with Crippen LogP contribution < -0.4 is 5.73 Å². The number of hydrogen-bond acceptors (Lipinski definition) is 2. The zero-order chi connectivity index (χ0) is 13.9. The Morgan fingerprint density at radius 1 is 0.950 bits per heavy atom. The summed E-state index contributed by atoms with van der Waals surface area (Å²) in [5, 5.41) is 2.20. The van der Waals surface area contributed by atoms with Gasteiger partial charge in [0.05, 0.1) is 16.7 Å². The first-order valence-corrected chi connectivity index (χ1v) is 7.37. The van der Waals surface area contributed by atoms with Crippen molar-refractivity contribution in [1.29, 1.82) is 0 Å². The number of pyridine rings is 1. The molecule has 3 rings (SSSR count). The highest BCUT2D eigenvalue weighted by atomic mass is 14.7. The summed E-state index contributed by atoms with van der Waals surface area (Å²) in [6.07, 6.45) is 4.79. The first-order valence-electron chi connectivity index (χ1n) is 7.37. The van der Waals surface area contributed by atoms with Crippen molar-refractivity contribution in [1.82, 2.24) is 4.98 Å². The van der Waals surface area contributed by atoms with Crippen LogP contribution in [0, 0.1) is 0 Å². The lowest BCUT2D eigenvalue weighted by atomic mass is 9.99. The second-order valence-corrected chi connectivity index (χ2v) is 5.31. The van der Waals surface area contributed by atoms with Gasteiger partial charge in [-0.1, -0.05) is 50.1 Å². The van der Waals surface area contributed by atoms with Gasteiger partial charge in [-0.2, -0.15) is 0 Å². The standard InChI is InChI=1S/C18H20N2/c1-2-3-4-8-13-9-7-12-16-17(13)18(19)14-10-5-6-11-15(14)20-16/h5-7,9-12H,2-4,8H2,1H3,(H2,19,20). The van der Waals surface area contributed by atoms with E-state index in [2.05, 4.69) is 31.2 Å². The first-order chi connectivity index (χ1) is 9.81. The molecule has 2 N–H and O–H groups in total. The molecule has 1 aromatic heterocycles. The number of benzene rings is 2. The molecular formula is C18H20N2. The summed E-state index contributed by atoms with van der Waals surface area (Å²) in [6, 6.07) is 14.4. The fourth-order valence-corrected chi connectivity index (χ4v) is 2.83. The number of unbranched alkanes of at least 4 members (excludes halogenated alkanes) is 2. The van der Waals surface area contributed by atoms with E-state index >= 15 is 0 Å². The van der Waals surface area contributed by atoms with Gasteiger partial charge in [0.2, 0.25) is 0 Å². The number of nitrogen functional groups attached to an aromatic ring is 1. The van der Waals surface area contributed by atoms with Crippen molar-refractivity contribution in [3.63, 3.8) is 0 Å². The number of aryl methyl sites for hydroxylation is 1. The second-order valence-electron chi connectivity index (χ2n) is 5.31. The molecule has 102 valence electrons. The quantitative estimate of drug-likeness (QED) is 0.548. The maximum absolute atomic E-state index is 6.42. The van der Waals surface area contributed by atoms with Gasteiger partial charge in [0.15, 0.2) is 0 Å². The van der Waals surface area contributed by atoms with Crippen LogP contribution in [0.25, 0.3) is 21.8 Å². The van der Waals surface area contributed by atoms with Crippen LogP contribution in [0.1, 0.15) is 31.7 Å². The number of hydrogen-bond donors (Lipinski definition) is 1. The molecule has 0 spiro atoms. The van der Waals surface area contributed by atoms with Gasteiger partial charge in [-0.15, -0.1) is 0 Å². The molecule has 0 fully saturated rings. The maximum Gasteiger partial charge on any atom is 0.0733 e. The molecule has 0 amide bonds. The lowest BCUT2D eigenvalue weighted by Crippen LogP contribution is -1.97. The molecule has 2 aromatic carbocycles. The lowest BCUT2D eigenvalue weighted by Gasteiger charge is -2.11. The van der Waals surface area contributed by atoms with Crippen molar-refractivity contribution < 1.29 is 0 Å². The number of rotatable bonds is 4. The van der Waals surface area contributed by atoms with Crippen LogP contribution in [0.4, 0.5) is 5.69 Å². The predicted octanol–water partition coefficient (Wildman–Crippen LogP) is 4.70. The van der Waals surface area contributed by atoms with Gasteiger partial charge in [0, 0.05) is 10.8 Å². The normalized spacial score (nSPS) is 11.2. The van der Waals surface area contributed by atoms with Crippen molar-refractivity contribution in [3.05, 3.63) is 48.0 Å². The number of nitrogens with zero attached hydrogens (tertiary/aromatic N) is 1. The minimum absolute atomic E-state index is 0.873. The van der Waals surface area contributed by atoms with E-state index in [9.17, 15) is 0 Å². The van der Waals surface area contributed by atoms with Crippen LogP contribution in [-0.4, -0.2) is 4.98 Å². The Labute approximate surface area is 119 Å². The Bertz CT molecular complexity index is 747. The van der Waals surface area contributed by atoms with Gasteiger partial charge in [-0.05, 0) is 30.5 Å². The minimum Gasteiger partial charge on any atom is -0.398 e. The van der Waals surface area contributed by atoms with E-state index in [0.717, 1.165) is 33.9 Å². The molecule has 1 heterocycles. The van der Waals surface area contributed by atoms with Crippen molar-refractivity contribution in [2.45, 2.75) is 32.6 Å². The van der Waals surface area contributed by atoms with E-state index in [0.29, 0.717) is 0 Å². The Balaban J connectivity index is 2.19. The van der Waals surface area contributed by atoms with Crippen molar-refractivity contribution in [2.24, 2.45) is 0 Å². The summed E-state index contributed by atoms with van der Waals surface area (Å²) in [6.45, 7) is 2.23. The summed E-state index contributed by atoms with van der Waals surface area (Å²) < 4.78 is 0. The van der Waals surface area contributed by atoms with Crippen LogP contribution in [-0.2, 0) is 6.42 Å². The van der Waals surface area contributed by atoms with E-state index in [1.165, 1.54) is 24.8 Å². The third kappa shape index (κ3) is 2.22. The van der Waals surface area contributed by atoms with Gasteiger partial charge >= 0.3 is 0 Å². The summed E-state index contributed by atoms with van der Waals surface area (Å²) in [4.78, 5) is 4.75. The average molecular weight is 264 g/mol. The number of para-hydroxylation sites is 1. The lowest BCUT2D eigenvalue weighted by molar-refractivity contribution is 0.720. The summed E-state index contributed by atoms with van der Waals surface area (Å²) >= 11 is 0. The van der Waals surface area contributed by atoms with Gasteiger partial charge in [0.25, 0.3) is 0 Å². The summed E-state index contributed by atoms with van der Waals surface area (Å²) in [5.74, 6) is 0. The third-order valence-corrected chi connectivity index (χ3v) is 3.88. The van der Waals surface area contributed by atoms with Crippen LogP contribution in [0.2, 0.25) is 0 Å².